The van der Waals surface area contributed by atoms with Crippen LogP contribution in [0.3, 0.4) is 0 Å². The predicted molar refractivity (Wildman–Crippen MR) is 105 cm³/mol. The lowest BCUT2D eigenvalue weighted by Gasteiger charge is -2.29. The van der Waals surface area contributed by atoms with E-state index < -0.39 is 11.8 Å². The molecule has 0 saturated carbocycles. The molecule has 0 radical (unpaired) electrons. The molecule has 2 aliphatic heterocycles. The topological polar surface area (TPSA) is 60.9 Å². The Morgan fingerprint density at radius 3 is 2.19 bits per heavy atom. The number of hydrogen-bond acceptors (Lipinski definition) is 4. The highest BCUT2D eigenvalue weighted by Gasteiger charge is 2.36. The largest absolute Gasteiger partial charge is 0.506 e. The fourth-order valence-corrected chi connectivity index (χ4v) is 4.19. The highest BCUT2D eigenvalue weighted by molar-refractivity contribution is 6.36. The summed E-state index contributed by atoms with van der Waals surface area (Å²) in [7, 11) is 0. The normalized spacial score (nSPS) is 16.4. The maximum atomic E-state index is 13.2. The van der Waals surface area contributed by atoms with E-state index in [0.717, 1.165) is 41.9 Å². The average molecular weight is 358 g/mol. The molecule has 5 nitrogen and oxygen atoms in total. The average Bonchev–Trinajstić information content (AvgIpc) is 3.22. The number of carbonyl (C=O) groups excluding carboxylic acids is 2. The van der Waals surface area contributed by atoms with Crippen molar-refractivity contribution in [2.75, 3.05) is 22.9 Å². The molecule has 2 aliphatic rings. The Morgan fingerprint density at radius 1 is 0.741 bits per heavy atom. The monoisotopic (exact) mass is 358 g/mol. The zero-order chi connectivity index (χ0) is 18.5. The molecule has 0 bridgehead atoms. The fourth-order valence-electron chi connectivity index (χ4n) is 4.19. The molecule has 1 fully saturated rings. The second kappa shape index (κ2) is 5.84. The van der Waals surface area contributed by atoms with Crippen LogP contribution in [0.15, 0.2) is 54.6 Å². The smallest absolute Gasteiger partial charge is 0.266 e. The zero-order valence-electron chi connectivity index (χ0n) is 14.7. The van der Waals surface area contributed by atoms with Gasteiger partial charge in [-0.2, -0.15) is 0 Å². The Balaban J connectivity index is 1.73. The number of para-hydroxylation sites is 2. The van der Waals surface area contributed by atoms with E-state index in [1.165, 1.54) is 6.07 Å². The number of benzene rings is 3. The van der Waals surface area contributed by atoms with E-state index in [1.807, 2.05) is 18.2 Å². The first kappa shape index (κ1) is 15.9. The number of carbonyl (C=O) groups is 2. The minimum atomic E-state index is -0.404. The number of imide groups is 1. The first-order chi connectivity index (χ1) is 13.2. The number of hydrogen-bond donors (Lipinski definition) is 1. The van der Waals surface area contributed by atoms with Gasteiger partial charge in [0.2, 0.25) is 0 Å². The second-order valence-electron chi connectivity index (χ2n) is 6.99. The third-order valence-electron chi connectivity index (χ3n) is 5.45. The SMILES string of the molecule is O=C1c2cccc3c(N4CCCC4)ccc(c23)C(=O)N1c1ccccc1O. The summed E-state index contributed by atoms with van der Waals surface area (Å²) in [4.78, 5) is 29.7. The number of amides is 2. The van der Waals surface area contributed by atoms with Gasteiger partial charge < -0.3 is 10.0 Å². The number of phenols is 1. The highest BCUT2D eigenvalue weighted by atomic mass is 16.3. The van der Waals surface area contributed by atoms with E-state index in [1.54, 1.807) is 30.3 Å². The van der Waals surface area contributed by atoms with Crippen LogP contribution in [0.4, 0.5) is 11.4 Å². The number of rotatable bonds is 2. The summed E-state index contributed by atoms with van der Waals surface area (Å²) in [6.45, 7) is 1.98. The molecule has 0 unspecified atom stereocenters. The molecule has 5 rings (SSSR count). The van der Waals surface area contributed by atoms with Crippen molar-refractivity contribution in [3.05, 3.63) is 65.7 Å². The summed E-state index contributed by atoms with van der Waals surface area (Å²) in [5.74, 6) is -0.903. The lowest BCUT2D eigenvalue weighted by Crippen LogP contribution is -2.40. The molecule has 27 heavy (non-hydrogen) atoms. The molecule has 1 saturated heterocycles. The molecule has 0 aromatic heterocycles. The number of aromatic hydroxyl groups is 1. The summed E-state index contributed by atoms with van der Waals surface area (Å²) in [6.07, 6.45) is 2.31. The van der Waals surface area contributed by atoms with Crippen molar-refractivity contribution in [2.45, 2.75) is 12.8 Å². The van der Waals surface area contributed by atoms with Crippen LogP contribution >= 0.6 is 0 Å². The molecule has 3 aromatic carbocycles. The van der Waals surface area contributed by atoms with Gasteiger partial charge in [-0.3, -0.25) is 9.59 Å². The lowest BCUT2D eigenvalue weighted by atomic mass is 9.92. The summed E-state index contributed by atoms with van der Waals surface area (Å²) >= 11 is 0. The molecule has 134 valence electrons. The maximum Gasteiger partial charge on any atom is 0.266 e. The van der Waals surface area contributed by atoms with Crippen LogP contribution in [0.1, 0.15) is 33.6 Å². The van der Waals surface area contributed by atoms with E-state index in [9.17, 15) is 14.7 Å². The predicted octanol–water partition coefficient (Wildman–Crippen LogP) is 3.95. The summed E-state index contributed by atoms with van der Waals surface area (Å²) in [5.41, 5.74) is 2.27. The van der Waals surface area contributed by atoms with Gasteiger partial charge in [-0.1, -0.05) is 24.3 Å². The van der Waals surface area contributed by atoms with Crippen molar-refractivity contribution in [1.29, 1.82) is 0 Å². The molecule has 1 N–H and O–H groups in total. The maximum absolute atomic E-state index is 13.2. The number of phenolic OH excluding ortho intramolecular Hbond substituents is 1. The van der Waals surface area contributed by atoms with Gasteiger partial charge in [0.05, 0.1) is 5.69 Å². The second-order valence-corrected chi connectivity index (χ2v) is 6.99. The van der Waals surface area contributed by atoms with Crippen molar-refractivity contribution in [3.63, 3.8) is 0 Å². The van der Waals surface area contributed by atoms with Gasteiger partial charge in [0.15, 0.2) is 0 Å². The van der Waals surface area contributed by atoms with Crippen molar-refractivity contribution >= 4 is 34.0 Å². The summed E-state index contributed by atoms with van der Waals surface area (Å²) in [6, 6.07) is 15.8. The van der Waals surface area contributed by atoms with Crippen molar-refractivity contribution < 1.29 is 14.7 Å². The Labute approximate surface area is 156 Å². The number of nitrogens with zero attached hydrogens (tertiary/aromatic N) is 2. The van der Waals surface area contributed by atoms with Crippen molar-refractivity contribution in [3.8, 4) is 5.75 Å². The lowest BCUT2D eigenvalue weighted by molar-refractivity contribution is 0.0892. The molecule has 3 aromatic rings. The van der Waals surface area contributed by atoms with Crippen LogP contribution in [0.5, 0.6) is 5.75 Å². The van der Waals surface area contributed by atoms with Crippen LogP contribution in [-0.2, 0) is 0 Å². The van der Waals surface area contributed by atoms with Crippen molar-refractivity contribution in [1.82, 2.24) is 0 Å². The Hall–Kier alpha value is -3.34. The standard InChI is InChI=1S/C22H18N2O3/c25-19-9-2-1-8-18(19)24-21(26)15-7-5-6-14-17(23-12-3-4-13-23)11-10-16(20(14)15)22(24)27/h1-2,5-11,25H,3-4,12-13H2. The molecule has 2 heterocycles. The van der Waals surface area contributed by atoms with Gasteiger partial charge in [-0.15, -0.1) is 0 Å². The van der Waals surface area contributed by atoms with E-state index >= 15 is 0 Å². The zero-order valence-corrected chi connectivity index (χ0v) is 14.7. The Kier molecular flexibility index (Phi) is 3.44. The van der Waals surface area contributed by atoms with Gasteiger partial charge in [-0.05, 0) is 43.2 Å². The van der Waals surface area contributed by atoms with Gasteiger partial charge in [-0.25, -0.2) is 4.90 Å². The molecule has 5 heteroatoms. The van der Waals surface area contributed by atoms with Crippen LogP contribution in [0, 0.1) is 0 Å². The highest BCUT2D eigenvalue weighted by Crippen LogP contribution is 2.39. The molecule has 0 aliphatic carbocycles. The Morgan fingerprint density at radius 2 is 1.44 bits per heavy atom. The van der Waals surface area contributed by atoms with Crippen LogP contribution in [0.2, 0.25) is 0 Å². The van der Waals surface area contributed by atoms with Crippen LogP contribution in [-0.4, -0.2) is 30.0 Å². The van der Waals surface area contributed by atoms with E-state index in [4.69, 9.17) is 0 Å². The number of anilines is 2. The fraction of sp³-hybridized carbons (Fsp3) is 0.182. The summed E-state index contributed by atoms with van der Waals surface area (Å²) < 4.78 is 0. The van der Waals surface area contributed by atoms with Gasteiger partial charge in [0, 0.05) is 40.7 Å². The van der Waals surface area contributed by atoms with Crippen LogP contribution in [0.25, 0.3) is 10.8 Å². The van der Waals surface area contributed by atoms with Gasteiger partial charge in [0.1, 0.15) is 5.75 Å². The first-order valence-electron chi connectivity index (χ1n) is 9.14. The van der Waals surface area contributed by atoms with E-state index in [0.29, 0.717) is 16.5 Å². The quantitative estimate of drug-likeness (QED) is 0.705. The molecular formula is C22H18N2O3. The molecule has 0 atom stereocenters. The third kappa shape index (κ3) is 2.24. The minimum absolute atomic E-state index is 0.0940. The molecular weight excluding hydrogens is 340 g/mol. The summed E-state index contributed by atoms with van der Waals surface area (Å²) in [5, 5.41) is 11.8. The first-order valence-corrected chi connectivity index (χ1v) is 9.14. The third-order valence-corrected chi connectivity index (χ3v) is 5.45. The van der Waals surface area contributed by atoms with Crippen molar-refractivity contribution in [2.24, 2.45) is 0 Å². The minimum Gasteiger partial charge on any atom is -0.506 e. The van der Waals surface area contributed by atoms with E-state index in [-0.39, 0.29) is 11.4 Å². The Bertz CT molecular complexity index is 1080. The molecule has 0 spiro atoms. The van der Waals surface area contributed by atoms with E-state index in [2.05, 4.69) is 4.90 Å². The van der Waals surface area contributed by atoms with Crippen LogP contribution < -0.4 is 9.80 Å². The van der Waals surface area contributed by atoms with Gasteiger partial charge in [0.25, 0.3) is 11.8 Å². The van der Waals surface area contributed by atoms with Gasteiger partial charge >= 0.3 is 0 Å². The molecule has 2 amide bonds.